The van der Waals surface area contributed by atoms with Crippen molar-refractivity contribution in [2.45, 2.75) is 31.4 Å². The summed E-state index contributed by atoms with van der Waals surface area (Å²) in [7, 11) is -22.4. The molecule has 77 heavy (non-hydrogen) atoms. The van der Waals surface area contributed by atoms with Gasteiger partial charge >= 0.3 is 0 Å². The van der Waals surface area contributed by atoms with Crippen molar-refractivity contribution in [2.75, 3.05) is 14.2 Å². The molecule has 0 unspecified atom stereocenters. The van der Waals surface area contributed by atoms with Gasteiger partial charge in [0.1, 0.15) is 54.3 Å². The second-order valence-corrected chi connectivity index (χ2v) is 23.4. The zero-order chi connectivity index (χ0) is 55.7. The Kier molecular flexibility index (Phi) is 13.5. The molecule has 0 spiro atoms. The number of phenols is 1. The number of aromatic hydroxyl groups is 1. The van der Waals surface area contributed by atoms with Crippen molar-refractivity contribution in [3.63, 3.8) is 0 Å². The topological polar surface area (TPSA) is 415 Å². The maximum absolute atomic E-state index is 12.9. The number of hydrogen-bond donors (Lipinski definition) is 6. The summed E-state index contributed by atoms with van der Waals surface area (Å²) in [5.41, 5.74) is 0.828. The van der Waals surface area contributed by atoms with Gasteiger partial charge in [0, 0.05) is 33.7 Å². The van der Waals surface area contributed by atoms with Crippen molar-refractivity contribution < 1.29 is 79.4 Å². The Balaban J connectivity index is 0.994. The molecule has 1 heterocycles. The molecule has 1 aromatic heterocycles. The van der Waals surface area contributed by atoms with Crippen LogP contribution in [0.3, 0.4) is 0 Å². The van der Waals surface area contributed by atoms with E-state index in [0.717, 1.165) is 29.1 Å². The molecule has 0 aliphatic carbocycles. The Labute approximate surface area is 434 Å². The van der Waals surface area contributed by atoms with Gasteiger partial charge < -0.3 is 14.6 Å². The number of aryl methyl sites for hydroxylation is 1. The van der Waals surface area contributed by atoms with Gasteiger partial charge in [0.25, 0.3) is 50.6 Å². The SMILES string of the molecule is COc1cc(N=Nc2c(S(=O)(=O)O)cc3cc(-n4nc5ccc6c(S(=O)(=O)O)cc(S(=O)(=O)O)cc6c5n4)ccc3c2OC)c(O)cc1N=Nc1ccc(N=Nc2ccc3c(S(=O)(=O)O)cc(S(=O)(=O)O)cc3c2)c(C)c1. The average molecular weight is 1150 g/mol. The number of phenolic OH excluding ortho intramolecular Hbond substituents is 1. The molecule has 396 valence electrons. The minimum atomic E-state index is -5.10. The number of methoxy groups -OCH3 is 2. The fraction of sp³-hybridized carbons (Fsp3) is 0.0667. The number of benzene rings is 8. The third kappa shape index (κ3) is 10.8. The van der Waals surface area contributed by atoms with Crippen LogP contribution in [-0.2, 0) is 50.6 Å². The third-order valence-corrected chi connectivity index (χ3v) is 15.7. The van der Waals surface area contributed by atoms with E-state index in [1.165, 1.54) is 74.9 Å². The summed E-state index contributed by atoms with van der Waals surface area (Å²) < 4.78 is 182. The second kappa shape index (κ2) is 19.4. The first-order chi connectivity index (χ1) is 36.0. The number of aromatic nitrogens is 3. The van der Waals surface area contributed by atoms with Crippen LogP contribution in [0.15, 0.2) is 164 Å². The molecule has 0 saturated carbocycles. The summed E-state index contributed by atoms with van der Waals surface area (Å²) in [6, 6.07) is 22.1. The summed E-state index contributed by atoms with van der Waals surface area (Å²) >= 11 is 0. The van der Waals surface area contributed by atoms with Crippen molar-refractivity contribution in [1.29, 1.82) is 0 Å². The lowest BCUT2D eigenvalue weighted by molar-refractivity contribution is 0.413. The van der Waals surface area contributed by atoms with E-state index in [1.807, 2.05) is 0 Å². The van der Waals surface area contributed by atoms with Gasteiger partial charge in [0.15, 0.2) is 5.75 Å². The van der Waals surface area contributed by atoms with Crippen LogP contribution in [0.2, 0.25) is 0 Å². The number of ether oxygens (including phenoxy) is 2. The van der Waals surface area contributed by atoms with E-state index in [2.05, 4.69) is 40.9 Å². The van der Waals surface area contributed by atoms with Gasteiger partial charge in [-0.05, 0) is 108 Å². The Morgan fingerprint density at radius 3 is 1.66 bits per heavy atom. The first-order valence-electron chi connectivity index (χ1n) is 21.2. The van der Waals surface area contributed by atoms with E-state index in [-0.39, 0.29) is 77.6 Å². The molecule has 0 aliphatic heterocycles. The quantitative estimate of drug-likeness (QED) is 0.0436. The molecule has 0 fully saturated rings. The number of hydrogen-bond acceptors (Lipinski definition) is 21. The van der Waals surface area contributed by atoms with E-state index < -0.39 is 86.5 Å². The maximum Gasteiger partial charge on any atom is 0.296 e. The summed E-state index contributed by atoms with van der Waals surface area (Å²) in [6.45, 7) is 1.68. The summed E-state index contributed by atoms with van der Waals surface area (Å²) in [4.78, 5) is -2.92. The third-order valence-electron chi connectivity index (χ3n) is 11.4. The highest BCUT2D eigenvalue weighted by molar-refractivity contribution is 7.87. The monoisotopic (exact) mass is 1150 g/mol. The van der Waals surface area contributed by atoms with Crippen LogP contribution in [0.25, 0.3) is 49.0 Å². The molecule has 9 aromatic rings. The molecule has 0 amide bonds. The molecule has 0 bridgehead atoms. The number of azo groups is 3. The Morgan fingerprint density at radius 2 is 1.04 bits per heavy atom. The zero-order valence-corrected chi connectivity index (χ0v) is 43.1. The lowest BCUT2D eigenvalue weighted by atomic mass is 10.1. The van der Waals surface area contributed by atoms with Crippen molar-refractivity contribution in [2.24, 2.45) is 30.7 Å². The van der Waals surface area contributed by atoms with Crippen LogP contribution in [0.1, 0.15) is 5.56 Å². The van der Waals surface area contributed by atoms with Crippen molar-refractivity contribution in [3.8, 4) is 22.9 Å². The van der Waals surface area contributed by atoms with E-state index in [1.54, 1.807) is 19.1 Å². The number of fused-ring (bicyclic) bond motifs is 5. The molecule has 6 N–H and O–H groups in total. The van der Waals surface area contributed by atoms with Gasteiger partial charge in [0.2, 0.25) is 0 Å². The molecule has 8 aromatic carbocycles. The fourth-order valence-corrected chi connectivity index (χ4v) is 11.3. The second-order valence-electron chi connectivity index (χ2n) is 16.4. The number of rotatable bonds is 14. The average Bonchev–Trinajstić information content (AvgIpc) is 3.82. The van der Waals surface area contributed by atoms with E-state index in [4.69, 9.17) is 9.47 Å². The molecule has 9 rings (SSSR count). The van der Waals surface area contributed by atoms with Crippen molar-refractivity contribution in [3.05, 3.63) is 115 Å². The zero-order valence-electron chi connectivity index (χ0n) is 39.0. The maximum atomic E-state index is 12.9. The van der Waals surface area contributed by atoms with Crippen LogP contribution in [0, 0.1) is 6.92 Å². The van der Waals surface area contributed by atoms with Gasteiger partial charge in [-0.2, -0.15) is 62.2 Å². The molecule has 32 heteroatoms. The summed E-state index contributed by atoms with van der Waals surface area (Å²) in [5, 5.41) is 44.7. The van der Waals surface area contributed by atoms with Crippen LogP contribution < -0.4 is 9.47 Å². The van der Waals surface area contributed by atoms with Crippen molar-refractivity contribution in [1.82, 2.24) is 15.0 Å². The Morgan fingerprint density at radius 1 is 0.468 bits per heavy atom. The van der Waals surface area contributed by atoms with Crippen LogP contribution >= 0.6 is 0 Å². The van der Waals surface area contributed by atoms with E-state index in [9.17, 15) is 70.0 Å². The standard InChI is InChI=1S/C45H33N9O18S5/c1-22-12-25(5-10-34(22)48-47-26-4-7-30-23(13-26)15-28(73(56,57)58)18-40(30)75(62,63)64)46-50-37-20-38(55)36(21-39(37)71-2)49-51-44-42(77(68,69)70)16-24-14-27(6-8-31(24)45(44)72-3)54-52-35-11-9-32-33(43(35)53-54)17-29(74(59,60)61)19-41(32)76(65,66)67/h4-21,55H,1-3H3,(H,56,57,58)(H,59,60,61)(H,62,63,64)(H,65,66,67)(H,68,69,70). The highest BCUT2D eigenvalue weighted by atomic mass is 32.2. The normalized spacial score (nSPS) is 13.1. The largest absolute Gasteiger partial charge is 0.506 e. The Bertz CT molecular complexity index is 4720. The highest BCUT2D eigenvalue weighted by Gasteiger charge is 2.26. The van der Waals surface area contributed by atoms with Crippen LogP contribution in [0.4, 0.5) is 34.1 Å². The number of nitrogens with zero attached hydrogens (tertiary/aromatic N) is 9. The first-order valence-corrected chi connectivity index (χ1v) is 28.4. The molecule has 27 nitrogen and oxygen atoms in total. The van der Waals surface area contributed by atoms with Crippen LogP contribution in [0.5, 0.6) is 17.2 Å². The van der Waals surface area contributed by atoms with Gasteiger partial charge in [-0.15, -0.1) is 25.5 Å². The smallest absolute Gasteiger partial charge is 0.296 e. The minimum absolute atomic E-state index is 0.00663. The minimum Gasteiger partial charge on any atom is -0.506 e. The fourth-order valence-electron chi connectivity index (χ4n) is 7.91. The predicted octanol–water partition coefficient (Wildman–Crippen LogP) is 9.39. The van der Waals surface area contributed by atoms with Gasteiger partial charge in [-0.25, -0.2) is 0 Å². The van der Waals surface area contributed by atoms with Gasteiger partial charge in [0.05, 0.1) is 46.8 Å². The molecule has 0 aliphatic rings. The first kappa shape index (κ1) is 53.5. The lowest BCUT2D eigenvalue weighted by Crippen LogP contribution is -2.04. The van der Waals surface area contributed by atoms with Crippen molar-refractivity contribution >= 4 is 128 Å². The molecular weight excluding hydrogens is 1110 g/mol. The molecule has 0 radical (unpaired) electrons. The van der Waals surface area contributed by atoms with E-state index >= 15 is 0 Å². The van der Waals surface area contributed by atoms with E-state index in [0.29, 0.717) is 29.1 Å². The molecule has 0 atom stereocenters. The predicted molar refractivity (Wildman–Crippen MR) is 272 cm³/mol. The molecule has 0 saturated heterocycles. The summed E-state index contributed by atoms with van der Waals surface area (Å²) in [6.07, 6.45) is 0. The van der Waals surface area contributed by atoms with Gasteiger partial charge in [-0.3, -0.25) is 22.8 Å². The lowest BCUT2D eigenvalue weighted by Gasteiger charge is -2.13. The Hall–Kier alpha value is -8.31. The summed E-state index contributed by atoms with van der Waals surface area (Å²) in [5.74, 6) is -0.711. The molecular formula is C45H33N9O18S5. The van der Waals surface area contributed by atoms with Crippen LogP contribution in [-0.4, -0.2) is 99.2 Å². The highest BCUT2D eigenvalue weighted by Crippen LogP contribution is 2.45. The van der Waals surface area contributed by atoms with Gasteiger partial charge in [-0.1, -0.05) is 12.1 Å².